The summed E-state index contributed by atoms with van der Waals surface area (Å²) in [6, 6.07) is 0. The summed E-state index contributed by atoms with van der Waals surface area (Å²) in [5, 5.41) is 11.9. The van der Waals surface area contributed by atoms with Crippen molar-refractivity contribution in [2.45, 2.75) is 45.4 Å². The number of hydrogen-bond acceptors (Lipinski definition) is 2. The van der Waals surface area contributed by atoms with E-state index >= 15 is 0 Å². The molecular weight excluding hydrogens is 174 g/mol. The molecule has 2 N–H and O–H groups in total. The highest BCUT2D eigenvalue weighted by atomic mass is 16.3. The highest BCUT2D eigenvalue weighted by Gasteiger charge is 2.19. The lowest BCUT2D eigenvalue weighted by atomic mass is 9.80. The van der Waals surface area contributed by atoms with E-state index in [1.165, 1.54) is 38.5 Å². The fraction of sp³-hybridized carbons (Fsp3) is 1.00. The SMILES string of the molecule is CCCC1CCC(CNCCO)CC1. The van der Waals surface area contributed by atoms with E-state index in [1.807, 2.05) is 0 Å². The summed E-state index contributed by atoms with van der Waals surface area (Å²) in [5.74, 6) is 1.88. The second kappa shape index (κ2) is 7.24. The van der Waals surface area contributed by atoms with Crippen molar-refractivity contribution >= 4 is 0 Å². The molecule has 1 saturated carbocycles. The Kier molecular flexibility index (Phi) is 6.20. The molecule has 1 rings (SSSR count). The Balaban J connectivity index is 2.03. The summed E-state index contributed by atoms with van der Waals surface area (Å²) >= 11 is 0. The van der Waals surface area contributed by atoms with Crippen molar-refractivity contribution in [1.29, 1.82) is 0 Å². The molecule has 0 unspecified atom stereocenters. The molecule has 0 aliphatic heterocycles. The Bertz CT molecular complexity index is 130. The minimum atomic E-state index is 0.269. The van der Waals surface area contributed by atoms with E-state index < -0.39 is 0 Å². The van der Waals surface area contributed by atoms with Gasteiger partial charge in [-0.15, -0.1) is 0 Å². The van der Waals surface area contributed by atoms with Crippen LogP contribution in [0, 0.1) is 11.8 Å². The van der Waals surface area contributed by atoms with Crippen LogP contribution in [0.4, 0.5) is 0 Å². The third-order valence-electron chi connectivity index (χ3n) is 3.38. The van der Waals surface area contributed by atoms with Gasteiger partial charge in [-0.05, 0) is 31.2 Å². The van der Waals surface area contributed by atoms with E-state index in [0.717, 1.165) is 24.9 Å². The highest BCUT2D eigenvalue weighted by Crippen LogP contribution is 2.30. The van der Waals surface area contributed by atoms with Crippen molar-refractivity contribution < 1.29 is 5.11 Å². The molecule has 0 aromatic rings. The maximum atomic E-state index is 8.65. The molecule has 84 valence electrons. The lowest BCUT2D eigenvalue weighted by molar-refractivity contribution is 0.244. The van der Waals surface area contributed by atoms with Crippen molar-refractivity contribution in [3.05, 3.63) is 0 Å². The maximum Gasteiger partial charge on any atom is 0.0555 e. The van der Waals surface area contributed by atoms with Crippen molar-refractivity contribution in [3.63, 3.8) is 0 Å². The van der Waals surface area contributed by atoms with Gasteiger partial charge in [0.05, 0.1) is 6.61 Å². The molecule has 0 radical (unpaired) electrons. The van der Waals surface area contributed by atoms with Gasteiger partial charge in [0.25, 0.3) is 0 Å². The maximum absolute atomic E-state index is 8.65. The second-order valence-electron chi connectivity index (χ2n) is 4.60. The molecule has 14 heavy (non-hydrogen) atoms. The summed E-state index contributed by atoms with van der Waals surface area (Å²) < 4.78 is 0. The van der Waals surface area contributed by atoms with E-state index in [9.17, 15) is 0 Å². The molecule has 2 heteroatoms. The van der Waals surface area contributed by atoms with E-state index in [4.69, 9.17) is 5.11 Å². The number of aliphatic hydroxyl groups is 1. The van der Waals surface area contributed by atoms with Crippen molar-refractivity contribution in [1.82, 2.24) is 5.32 Å². The number of rotatable bonds is 6. The van der Waals surface area contributed by atoms with Gasteiger partial charge in [0.2, 0.25) is 0 Å². The first-order valence-corrected chi connectivity index (χ1v) is 6.18. The normalized spacial score (nSPS) is 27.9. The standard InChI is InChI=1S/C12H25NO/c1-2-3-11-4-6-12(7-5-11)10-13-8-9-14/h11-14H,2-10H2,1H3. The monoisotopic (exact) mass is 199 g/mol. The molecule has 1 aliphatic carbocycles. The summed E-state index contributed by atoms with van der Waals surface area (Å²) in [6.45, 7) is 4.42. The molecule has 0 amide bonds. The van der Waals surface area contributed by atoms with Crippen LogP contribution in [0.5, 0.6) is 0 Å². The first-order valence-electron chi connectivity index (χ1n) is 6.18. The van der Waals surface area contributed by atoms with Crippen LogP contribution in [0.25, 0.3) is 0 Å². The quantitative estimate of drug-likeness (QED) is 0.643. The minimum absolute atomic E-state index is 0.269. The largest absolute Gasteiger partial charge is 0.395 e. The fourth-order valence-corrected chi connectivity index (χ4v) is 2.52. The van der Waals surface area contributed by atoms with E-state index in [0.29, 0.717) is 0 Å². The van der Waals surface area contributed by atoms with Gasteiger partial charge in [-0.3, -0.25) is 0 Å². The lowest BCUT2D eigenvalue weighted by Crippen LogP contribution is -2.28. The Morgan fingerprint density at radius 3 is 2.36 bits per heavy atom. The summed E-state index contributed by atoms with van der Waals surface area (Å²) in [7, 11) is 0. The fourth-order valence-electron chi connectivity index (χ4n) is 2.52. The van der Waals surface area contributed by atoms with Crippen LogP contribution in [-0.2, 0) is 0 Å². The zero-order valence-corrected chi connectivity index (χ0v) is 9.47. The summed E-state index contributed by atoms with van der Waals surface area (Å²) in [5.41, 5.74) is 0. The van der Waals surface area contributed by atoms with E-state index in [1.54, 1.807) is 0 Å². The first kappa shape index (κ1) is 12.0. The molecule has 0 atom stereocenters. The number of nitrogens with one attached hydrogen (secondary N) is 1. The van der Waals surface area contributed by atoms with Crippen LogP contribution in [0.15, 0.2) is 0 Å². The highest BCUT2D eigenvalue weighted by molar-refractivity contribution is 4.73. The second-order valence-corrected chi connectivity index (χ2v) is 4.60. The topological polar surface area (TPSA) is 32.3 Å². The third-order valence-corrected chi connectivity index (χ3v) is 3.38. The third kappa shape index (κ3) is 4.43. The van der Waals surface area contributed by atoms with Gasteiger partial charge in [-0.1, -0.05) is 32.6 Å². The Morgan fingerprint density at radius 1 is 1.14 bits per heavy atom. The van der Waals surface area contributed by atoms with Gasteiger partial charge in [-0.2, -0.15) is 0 Å². The van der Waals surface area contributed by atoms with Crippen molar-refractivity contribution in [2.24, 2.45) is 11.8 Å². The number of aliphatic hydroxyl groups excluding tert-OH is 1. The summed E-state index contributed by atoms with van der Waals surface area (Å²) in [6.07, 6.45) is 8.42. The molecule has 0 bridgehead atoms. The van der Waals surface area contributed by atoms with Crippen molar-refractivity contribution in [2.75, 3.05) is 19.7 Å². The molecule has 0 aromatic carbocycles. The van der Waals surface area contributed by atoms with Crippen LogP contribution in [-0.4, -0.2) is 24.8 Å². The zero-order chi connectivity index (χ0) is 10.2. The molecule has 1 aliphatic rings. The van der Waals surface area contributed by atoms with Crippen molar-refractivity contribution in [3.8, 4) is 0 Å². The number of hydrogen-bond donors (Lipinski definition) is 2. The van der Waals surface area contributed by atoms with Gasteiger partial charge in [-0.25, -0.2) is 0 Å². The lowest BCUT2D eigenvalue weighted by Gasteiger charge is -2.28. The smallest absolute Gasteiger partial charge is 0.0555 e. The van der Waals surface area contributed by atoms with Gasteiger partial charge in [0, 0.05) is 6.54 Å². The molecule has 1 fully saturated rings. The first-order chi connectivity index (χ1) is 6.86. The predicted octanol–water partition coefficient (Wildman–Crippen LogP) is 2.17. The zero-order valence-electron chi connectivity index (χ0n) is 9.47. The van der Waals surface area contributed by atoms with Gasteiger partial charge in [0.15, 0.2) is 0 Å². The molecule has 0 spiro atoms. The van der Waals surface area contributed by atoms with Crippen LogP contribution in [0.3, 0.4) is 0 Å². The minimum Gasteiger partial charge on any atom is -0.395 e. The molecule has 0 saturated heterocycles. The van der Waals surface area contributed by atoms with E-state index in [2.05, 4.69) is 12.2 Å². The summed E-state index contributed by atoms with van der Waals surface area (Å²) in [4.78, 5) is 0. The Hall–Kier alpha value is -0.0800. The molecule has 0 heterocycles. The van der Waals surface area contributed by atoms with Gasteiger partial charge < -0.3 is 10.4 Å². The van der Waals surface area contributed by atoms with E-state index in [-0.39, 0.29) is 6.61 Å². The Morgan fingerprint density at radius 2 is 1.79 bits per heavy atom. The van der Waals surface area contributed by atoms with Crippen LogP contribution >= 0.6 is 0 Å². The molecule has 0 aromatic heterocycles. The average Bonchev–Trinajstić information content (AvgIpc) is 2.21. The Labute approximate surface area is 88.1 Å². The molecule has 2 nitrogen and oxygen atoms in total. The average molecular weight is 199 g/mol. The van der Waals surface area contributed by atoms with Crippen LogP contribution < -0.4 is 5.32 Å². The van der Waals surface area contributed by atoms with Gasteiger partial charge in [0.1, 0.15) is 0 Å². The molecular formula is C12H25NO. The van der Waals surface area contributed by atoms with Crippen LogP contribution in [0.2, 0.25) is 0 Å². The van der Waals surface area contributed by atoms with Crippen LogP contribution in [0.1, 0.15) is 45.4 Å². The predicted molar refractivity (Wildman–Crippen MR) is 60.3 cm³/mol. The van der Waals surface area contributed by atoms with Gasteiger partial charge >= 0.3 is 0 Å².